The number of nitrogens with zero attached hydrogens (tertiary/aromatic N) is 1. The van der Waals surface area contributed by atoms with Crippen LogP contribution in [0.2, 0.25) is 0 Å². The molecule has 178 valence electrons. The lowest BCUT2D eigenvalue weighted by Crippen LogP contribution is -2.41. The van der Waals surface area contributed by atoms with Crippen LogP contribution < -0.4 is 5.32 Å². The van der Waals surface area contributed by atoms with E-state index < -0.39 is 0 Å². The van der Waals surface area contributed by atoms with Crippen LogP contribution >= 0.6 is 0 Å². The summed E-state index contributed by atoms with van der Waals surface area (Å²) in [6.45, 7) is 11.5. The Hall–Kier alpha value is -2.98. The molecular weight excluding hydrogens is 420 g/mol. The van der Waals surface area contributed by atoms with Crippen LogP contribution in [0.5, 0.6) is 0 Å². The molecule has 2 fully saturated rings. The summed E-state index contributed by atoms with van der Waals surface area (Å²) in [5, 5.41) is 2.87. The van der Waals surface area contributed by atoms with E-state index >= 15 is 0 Å². The second-order valence-corrected chi connectivity index (χ2v) is 9.79. The summed E-state index contributed by atoms with van der Waals surface area (Å²) in [6.07, 6.45) is 5.62. The minimum absolute atomic E-state index is 0.0503. The summed E-state index contributed by atoms with van der Waals surface area (Å²) >= 11 is 0. The maximum absolute atomic E-state index is 12.3. The van der Waals surface area contributed by atoms with Gasteiger partial charge in [-0.15, -0.1) is 6.58 Å². The fourth-order valence-electron chi connectivity index (χ4n) is 5.51. The van der Waals surface area contributed by atoms with Crippen molar-refractivity contribution in [1.29, 1.82) is 0 Å². The molecule has 0 radical (unpaired) electrons. The number of benzene rings is 2. The normalized spacial score (nSPS) is 21.3. The van der Waals surface area contributed by atoms with E-state index in [1.807, 2.05) is 37.3 Å². The van der Waals surface area contributed by atoms with Crippen LogP contribution in [0.15, 0.2) is 66.3 Å². The summed E-state index contributed by atoms with van der Waals surface area (Å²) in [4.78, 5) is 27.1. The molecule has 4 rings (SSSR count). The van der Waals surface area contributed by atoms with Crippen LogP contribution in [0.25, 0.3) is 5.57 Å². The molecule has 2 aromatic carbocycles. The van der Waals surface area contributed by atoms with Crippen molar-refractivity contribution in [3.05, 3.63) is 88.5 Å². The highest BCUT2D eigenvalue weighted by atomic mass is 16.1. The van der Waals surface area contributed by atoms with Crippen LogP contribution in [0, 0.1) is 0 Å². The summed E-state index contributed by atoms with van der Waals surface area (Å²) in [7, 11) is 0. The number of hydrogen-bond acceptors (Lipinski definition) is 3. The van der Waals surface area contributed by atoms with Gasteiger partial charge in [-0.05, 0) is 87.8 Å². The number of ketones is 1. The first-order valence-electron chi connectivity index (χ1n) is 12.5. The van der Waals surface area contributed by atoms with Crippen LogP contribution in [0.1, 0.15) is 84.7 Å². The van der Waals surface area contributed by atoms with Gasteiger partial charge in [0.2, 0.25) is 0 Å². The quantitative estimate of drug-likeness (QED) is 0.389. The first-order valence-corrected chi connectivity index (χ1v) is 12.5. The standard InChI is InChI=1S/C30H36N2O2/c1-5-31-30(34)23-11-9-22(10-12-23)29(25-8-6-7-24(17-25)21(4)33)26-18-27-13-14-28(19-26)32(27)16-15-20(2)3/h6-12,17,27-28H,2,5,13-16,18-19H2,1,3-4H3,(H,31,34)/t27-,28+. The zero-order chi connectivity index (χ0) is 24.2. The SMILES string of the molecule is C=C(C)CCN1[C@@H]2CC[C@H]1CC(=C(c1ccc(C(=O)NCC)cc1)c1cccc(C(C)=O)c1)C2. The number of hydrogen-bond donors (Lipinski definition) is 1. The van der Waals surface area contributed by atoms with Crippen molar-refractivity contribution >= 4 is 17.3 Å². The molecule has 0 aliphatic carbocycles. The van der Waals surface area contributed by atoms with E-state index in [0.717, 1.165) is 42.5 Å². The Morgan fingerprint density at radius 3 is 2.15 bits per heavy atom. The molecule has 2 aliphatic rings. The Morgan fingerprint density at radius 1 is 0.941 bits per heavy atom. The Morgan fingerprint density at radius 2 is 1.56 bits per heavy atom. The third kappa shape index (κ3) is 5.23. The van der Waals surface area contributed by atoms with Gasteiger partial charge in [-0.3, -0.25) is 14.5 Å². The molecule has 0 unspecified atom stereocenters. The minimum atomic E-state index is -0.0503. The second-order valence-electron chi connectivity index (χ2n) is 9.79. The molecule has 0 spiro atoms. The maximum Gasteiger partial charge on any atom is 0.251 e. The molecule has 1 N–H and O–H groups in total. The van der Waals surface area contributed by atoms with Crippen molar-refractivity contribution in [2.45, 2.75) is 65.0 Å². The predicted molar refractivity (Wildman–Crippen MR) is 139 cm³/mol. The third-order valence-corrected chi connectivity index (χ3v) is 7.22. The average molecular weight is 457 g/mol. The van der Waals surface area contributed by atoms with Gasteiger partial charge in [-0.2, -0.15) is 0 Å². The van der Waals surface area contributed by atoms with Crippen molar-refractivity contribution < 1.29 is 9.59 Å². The van der Waals surface area contributed by atoms with Crippen molar-refractivity contribution in [1.82, 2.24) is 10.2 Å². The van der Waals surface area contributed by atoms with Gasteiger partial charge < -0.3 is 5.32 Å². The van der Waals surface area contributed by atoms with Gasteiger partial charge in [0.1, 0.15) is 0 Å². The van der Waals surface area contributed by atoms with Crippen LogP contribution in [0.3, 0.4) is 0 Å². The minimum Gasteiger partial charge on any atom is -0.352 e. The smallest absolute Gasteiger partial charge is 0.251 e. The Bertz CT molecular complexity index is 1100. The largest absolute Gasteiger partial charge is 0.352 e. The molecule has 2 aliphatic heterocycles. The van der Waals surface area contributed by atoms with E-state index in [-0.39, 0.29) is 11.7 Å². The van der Waals surface area contributed by atoms with Crippen molar-refractivity contribution in [3.8, 4) is 0 Å². The molecule has 2 saturated heterocycles. The molecule has 2 aromatic rings. The van der Waals surface area contributed by atoms with Crippen molar-refractivity contribution in [2.24, 2.45) is 0 Å². The molecule has 1 amide bonds. The lowest BCUT2D eigenvalue weighted by molar-refractivity contribution is 0.0954. The van der Waals surface area contributed by atoms with E-state index in [1.165, 1.54) is 29.6 Å². The van der Waals surface area contributed by atoms with Gasteiger partial charge in [0.25, 0.3) is 5.91 Å². The van der Waals surface area contributed by atoms with Gasteiger partial charge in [0.05, 0.1) is 0 Å². The molecule has 0 saturated carbocycles. The van der Waals surface area contributed by atoms with E-state index in [1.54, 1.807) is 6.92 Å². The second kappa shape index (κ2) is 10.5. The van der Waals surface area contributed by atoms with Gasteiger partial charge in [-0.1, -0.05) is 41.5 Å². The Kier molecular flexibility index (Phi) is 7.47. The summed E-state index contributed by atoms with van der Waals surface area (Å²) in [6, 6.07) is 17.1. The summed E-state index contributed by atoms with van der Waals surface area (Å²) in [5.41, 5.74) is 7.53. The van der Waals surface area contributed by atoms with Crippen LogP contribution in [-0.2, 0) is 0 Å². The zero-order valence-corrected chi connectivity index (χ0v) is 20.7. The van der Waals surface area contributed by atoms with Gasteiger partial charge >= 0.3 is 0 Å². The summed E-state index contributed by atoms with van der Waals surface area (Å²) < 4.78 is 0. The monoisotopic (exact) mass is 456 g/mol. The maximum atomic E-state index is 12.3. The van der Waals surface area contributed by atoms with Gasteiger partial charge in [0.15, 0.2) is 5.78 Å². The number of fused-ring (bicyclic) bond motifs is 2. The number of piperidine rings is 1. The molecule has 4 nitrogen and oxygen atoms in total. The van der Waals surface area contributed by atoms with Crippen LogP contribution in [-0.4, -0.2) is 41.8 Å². The number of nitrogens with one attached hydrogen (secondary N) is 1. The van der Waals surface area contributed by atoms with E-state index in [0.29, 0.717) is 24.2 Å². The lowest BCUT2D eigenvalue weighted by Gasteiger charge is -2.37. The summed E-state index contributed by atoms with van der Waals surface area (Å²) in [5.74, 6) is 0.0261. The van der Waals surface area contributed by atoms with E-state index in [2.05, 4.69) is 41.9 Å². The number of Topliss-reactive ketones (excluding diaryl/α,β-unsaturated/α-hetero) is 1. The molecule has 4 heteroatoms. The highest BCUT2D eigenvalue weighted by molar-refractivity contribution is 5.97. The highest BCUT2D eigenvalue weighted by Crippen LogP contribution is 2.43. The molecule has 2 atom stereocenters. The molecular formula is C30H36N2O2. The van der Waals surface area contributed by atoms with E-state index in [9.17, 15) is 9.59 Å². The Balaban J connectivity index is 1.73. The highest BCUT2D eigenvalue weighted by Gasteiger charge is 2.39. The van der Waals surface area contributed by atoms with Crippen molar-refractivity contribution in [3.63, 3.8) is 0 Å². The fraction of sp³-hybridized carbons (Fsp3) is 0.400. The first kappa shape index (κ1) is 24.2. The molecule has 2 heterocycles. The van der Waals surface area contributed by atoms with Crippen molar-refractivity contribution in [2.75, 3.05) is 13.1 Å². The molecule has 2 bridgehead atoms. The van der Waals surface area contributed by atoms with Gasteiger partial charge in [0, 0.05) is 36.3 Å². The number of amides is 1. The first-order chi connectivity index (χ1) is 16.4. The lowest BCUT2D eigenvalue weighted by atomic mass is 9.84. The van der Waals surface area contributed by atoms with E-state index in [4.69, 9.17) is 0 Å². The zero-order valence-electron chi connectivity index (χ0n) is 20.7. The topological polar surface area (TPSA) is 49.4 Å². The van der Waals surface area contributed by atoms with Gasteiger partial charge in [-0.25, -0.2) is 0 Å². The molecule has 0 aromatic heterocycles. The Labute approximate surface area is 203 Å². The number of rotatable bonds is 8. The average Bonchev–Trinajstić information content (AvgIpc) is 3.06. The number of carbonyl (C=O) groups is 2. The molecule has 34 heavy (non-hydrogen) atoms. The predicted octanol–water partition coefficient (Wildman–Crippen LogP) is 6.03. The van der Waals surface area contributed by atoms with Crippen LogP contribution in [0.4, 0.5) is 0 Å². The third-order valence-electron chi connectivity index (χ3n) is 7.22. The number of carbonyl (C=O) groups excluding carboxylic acids is 2. The fourth-order valence-corrected chi connectivity index (χ4v) is 5.51.